The third kappa shape index (κ3) is 6.53. The zero-order chi connectivity index (χ0) is 22.3. The minimum Gasteiger partial charge on any atom is -0.480 e. The first kappa shape index (κ1) is 24.3. The number of rotatable bonds is 12. The lowest BCUT2D eigenvalue weighted by molar-refractivity contribution is -0.142. The van der Waals surface area contributed by atoms with Gasteiger partial charge in [-0.2, -0.15) is 13.1 Å². The van der Waals surface area contributed by atoms with Crippen LogP contribution in [0.3, 0.4) is 0 Å². The number of fused-ring (bicyclic) bond motifs is 1. The molecule has 7 N–H and O–H groups in total. The number of aliphatic carboxylic acids is 1. The molecular formula is C17H28N4O8S. The van der Waals surface area contributed by atoms with Gasteiger partial charge in [0.25, 0.3) is 0 Å². The average molecular weight is 448 g/mol. The first-order valence-corrected chi connectivity index (χ1v) is 10.9. The third-order valence-electron chi connectivity index (χ3n) is 5.21. The number of amides is 1. The standard InChI is InChI=1S/C17H28N4O8S/c18-16-5-3-1-2-4-6-17(16,19)13(16)11-29-15(24)21-30(25,26)20-7-8-27-9-10-28-12-14(22)23/h13,20H,3-12,18-19H2,(H,21,24)(H,22,23)/t13?,16-,17+. The molecule has 1 saturated carbocycles. The Hall–Kier alpha value is -1.95. The summed E-state index contributed by atoms with van der Waals surface area (Å²) in [4.78, 5) is 22.1. The van der Waals surface area contributed by atoms with Crippen LogP contribution in [0, 0.1) is 17.8 Å². The van der Waals surface area contributed by atoms with Gasteiger partial charge in [-0.05, 0) is 12.8 Å². The van der Waals surface area contributed by atoms with Crippen molar-refractivity contribution in [2.45, 2.75) is 36.8 Å². The number of ether oxygens (including phenoxy) is 3. The first-order valence-electron chi connectivity index (χ1n) is 9.46. The quantitative estimate of drug-likeness (QED) is 0.169. The maximum atomic E-state index is 11.8. The van der Waals surface area contributed by atoms with Crippen LogP contribution >= 0.6 is 0 Å². The second-order valence-corrected chi connectivity index (χ2v) is 8.64. The Bertz CT molecular complexity index is 771. The molecule has 0 aliphatic heterocycles. The second kappa shape index (κ2) is 10.4. The molecule has 1 fully saturated rings. The molecule has 1 unspecified atom stereocenters. The van der Waals surface area contributed by atoms with Crippen molar-refractivity contribution in [1.29, 1.82) is 0 Å². The molecule has 0 bridgehead atoms. The first-order chi connectivity index (χ1) is 14.1. The molecular weight excluding hydrogens is 420 g/mol. The lowest BCUT2D eigenvalue weighted by Crippen LogP contribution is -2.42. The number of carboxylic acid groups (broad SMARTS) is 1. The van der Waals surface area contributed by atoms with E-state index in [4.69, 9.17) is 30.8 Å². The molecule has 13 heteroatoms. The van der Waals surface area contributed by atoms with Gasteiger partial charge in [0.2, 0.25) is 0 Å². The van der Waals surface area contributed by atoms with Gasteiger partial charge in [-0.15, -0.1) is 11.8 Å². The number of carbonyl (C=O) groups is 2. The van der Waals surface area contributed by atoms with Gasteiger partial charge in [0.05, 0.1) is 26.4 Å². The summed E-state index contributed by atoms with van der Waals surface area (Å²) in [6.07, 6.45) is 1.28. The summed E-state index contributed by atoms with van der Waals surface area (Å²) in [6.45, 7) is -0.480. The van der Waals surface area contributed by atoms with Crippen molar-refractivity contribution in [3.05, 3.63) is 0 Å². The molecule has 0 saturated heterocycles. The number of carbonyl (C=O) groups excluding carboxylic acids is 1. The molecule has 0 aromatic rings. The highest BCUT2D eigenvalue weighted by molar-refractivity contribution is 7.88. The van der Waals surface area contributed by atoms with Gasteiger partial charge in [0.1, 0.15) is 6.61 Å². The Kier molecular flexibility index (Phi) is 8.42. The van der Waals surface area contributed by atoms with Crippen LogP contribution in [0.15, 0.2) is 0 Å². The monoisotopic (exact) mass is 448 g/mol. The lowest BCUT2D eigenvalue weighted by atomic mass is 9.98. The third-order valence-corrected chi connectivity index (χ3v) is 6.23. The molecule has 3 atom stereocenters. The Morgan fingerprint density at radius 2 is 1.67 bits per heavy atom. The van der Waals surface area contributed by atoms with Gasteiger partial charge in [0, 0.05) is 36.4 Å². The Labute approximate surface area is 175 Å². The van der Waals surface area contributed by atoms with Crippen LogP contribution in [0.1, 0.15) is 25.7 Å². The Balaban J connectivity index is 1.63. The zero-order valence-corrected chi connectivity index (χ0v) is 17.3. The highest BCUT2D eigenvalue weighted by Gasteiger charge is 2.71. The van der Waals surface area contributed by atoms with Gasteiger partial charge >= 0.3 is 22.3 Å². The summed E-state index contributed by atoms with van der Waals surface area (Å²) in [6, 6.07) is 0. The minimum absolute atomic E-state index is 0.00191. The van der Waals surface area contributed by atoms with Gasteiger partial charge in [-0.1, -0.05) is 0 Å². The van der Waals surface area contributed by atoms with Gasteiger partial charge in [-0.3, -0.25) is 0 Å². The van der Waals surface area contributed by atoms with E-state index >= 15 is 0 Å². The molecule has 30 heavy (non-hydrogen) atoms. The molecule has 0 spiro atoms. The lowest BCUT2D eigenvalue weighted by Gasteiger charge is -2.17. The average Bonchev–Trinajstić information content (AvgIpc) is 3.08. The van der Waals surface area contributed by atoms with E-state index in [2.05, 4.69) is 16.6 Å². The van der Waals surface area contributed by atoms with Crippen molar-refractivity contribution in [2.75, 3.05) is 39.6 Å². The minimum atomic E-state index is -4.13. The number of hydrogen-bond donors (Lipinski definition) is 5. The fraction of sp³-hybridized carbons (Fsp3) is 0.765. The predicted molar refractivity (Wildman–Crippen MR) is 104 cm³/mol. The van der Waals surface area contributed by atoms with Crippen molar-refractivity contribution in [1.82, 2.24) is 9.44 Å². The molecule has 0 aromatic carbocycles. The molecule has 170 valence electrons. The fourth-order valence-corrected chi connectivity index (χ4v) is 4.24. The van der Waals surface area contributed by atoms with E-state index in [0.29, 0.717) is 25.7 Å². The molecule has 12 nitrogen and oxygen atoms in total. The highest BCUT2D eigenvalue weighted by atomic mass is 32.2. The van der Waals surface area contributed by atoms with Crippen LogP contribution in [0.4, 0.5) is 4.79 Å². The molecule has 1 amide bonds. The molecule has 0 radical (unpaired) electrons. The summed E-state index contributed by atoms with van der Waals surface area (Å²) in [5.41, 5.74) is 11.4. The predicted octanol–water partition coefficient (Wildman–Crippen LogP) is -1.73. The molecule has 2 aliphatic rings. The number of nitrogens with two attached hydrogens (primary N) is 2. The Morgan fingerprint density at radius 1 is 1.07 bits per heavy atom. The summed E-state index contributed by atoms with van der Waals surface area (Å²) in [7, 11) is -4.13. The van der Waals surface area contributed by atoms with Crippen LogP contribution in [-0.4, -0.2) is 76.2 Å². The van der Waals surface area contributed by atoms with E-state index in [1.54, 1.807) is 4.72 Å². The van der Waals surface area contributed by atoms with E-state index < -0.39 is 40.0 Å². The van der Waals surface area contributed by atoms with Crippen LogP contribution < -0.4 is 20.9 Å². The van der Waals surface area contributed by atoms with E-state index in [9.17, 15) is 18.0 Å². The van der Waals surface area contributed by atoms with Crippen LogP contribution in [0.5, 0.6) is 0 Å². The number of carboxylic acids is 1. The molecule has 0 heterocycles. The number of nitrogens with one attached hydrogen (secondary N) is 2. The Morgan fingerprint density at radius 3 is 2.27 bits per heavy atom. The summed E-state index contributed by atoms with van der Waals surface area (Å²) in [5, 5.41) is 8.38. The van der Waals surface area contributed by atoms with Crippen LogP contribution in [0.25, 0.3) is 0 Å². The maximum Gasteiger partial charge on any atom is 0.421 e. The second-order valence-electron chi connectivity index (χ2n) is 7.14. The topological polar surface area (TPSA) is 192 Å². The normalized spacial score (nSPS) is 27.6. The van der Waals surface area contributed by atoms with Gasteiger partial charge in [0.15, 0.2) is 0 Å². The fourth-order valence-electron chi connectivity index (χ4n) is 3.53. The van der Waals surface area contributed by atoms with E-state index in [1.807, 2.05) is 0 Å². The summed E-state index contributed by atoms with van der Waals surface area (Å²) >= 11 is 0. The van der Waals surface area contributed by atoms with Crippen molar-refractivity contribution in [2.24, 2.45) is 17.4 Å². The SMILES string of the molecule is N[C@@]12CCC#CCC[C@]1(N)C2COC(=O)NS(=O)(=O)NCCOCCOCC(=O)O. The van der Waals surface area contributed by atoms with Crippen molar-refractivity contribution in [3.63, 3.8) is 0 Å². The highest BCUT2D eigenvalue weighted by Crippen LogP contribution is 2.56. The zero-order valence-electron chi connectivity index (χ0n) is 16.5. The summed E-state index contributed by atoms with van der Waals surface area (Å²) < 4.78 is 42.4. The van der Waals surface area contributed by atoms with E-state index in [0.717, 1.165) is 0 Å². The van der Waals surface area contributed by atoms with Crippen molar-refractivity contribution >= 4 is 22.3 Å². The number of hydrogen-bond acceptors (Lipinski definition) is 9. The van der Waals surface area contributed by atoms with Crippen LogP contribution in [-0.2, 0) is 29.2 Å². The molecule has 2 aliphatic carbocycles. The van der Waals surface area contributed by atoms with E-state index in [1.165, 1.54) is 0 Å². The maximum absolute atomic E-state index is 11.8. The molecule has 2 rings (SSSR count). The van der Waals surface area contributed by atoms with E-state index in [-0.39, 0.29) is 38.9 Å². The van der Waals surface area contributed by atoms with Crippen molar-refractivity contribution < 1.29 is 37.3 Å². The van der Waals surface area contributed by atoms with Gasteiger partial charge in [-0.25, -0.2) is 14.3 Å². The smallest absolute Gasteiger partial charge is 0.421 e. The van der Waals surface area contributed by atoms with Gasteiger partial charge < -0.3 is 30.8 Å². The van der Waals surface area contributed by atoms with Crippen LogP contribution in [0.2, 0.25) is 0 Å². The molecule has 0 aromatic heterocycles. The van der Waals surface area contributed by atoms with Crippen molar-refractivity contribution in [3.8, 4) is 11.8 Å². The largest absolute Gasteiger partial charge is 0.480 e. The summed E-state index contributed by atoms with van der Waals surface area (Å²) in [5.74, 6) is 4.66.